The topological polar surface area (TPSA) is 95.9 Å². The molecule has 1 atom stereocenters. The van der Waals surface area contributed by atoms with Crippen LogP contribution in [0.2, 0.25) is 0 Å². The zero-order valence-electron chi connectivity index (χ0n) is 14.5. The van der Waals surface area contributed by atoms with Gasteiger partial charge in [-0.2, -0.15) is 0 Å². The molecule has 2 aliphatic rings. The maximum atomic E-state index is 13.8. The van der Waals surface area contributed by atoms with Gasteiger partial charge in [-0.1, -0.05) is 0 Å². The number of aliphatic carboxylic acids is 1. The standard InChI is InChI=1S/C18H20F2N2O5/c19-12-1-2-13(14(20)9-12)16(24)22-6-3-11(4-7-22)15(23)21-18(17(25)26)5-8-27-10-18/h1-2,9,11H,3-8,10H2,(H,21,23)(H,25,26). The highest BCUT2D eigenvalue weighted by atomic mass is 19.1. The molecule has 0 radical (unpaired) electrons. The molecule has 9 heteroatoms. The normalized spacial score (nSPS) is 23.3. The van der Waals surface area contributed by atoms with E-state index < -0.39 is 35.0 Å². The number of halogens is 2. The Kier molecular flexibility index (Phi) is 5.41. The number of carbonyl (C=O) groups excluding carboxylic acids is 2. The third-order valence-corrected chi connectivity index (χ3v) is 5.11. The van der Waals surface area contributed by atoms with E-state index in [1.807, 2.05) is 0 Å². The van der Waals surface area contributed by atoms with Crippen molar-refractivity contribution in [1.29, 1.82) is 0 Å². The van der Waals surface area contributed by atoms with Crippen molar-refractivity contribution < 1.29 is 33.0 Å². The van der Waals surface area contributed by atoms with Gasteiger partial charge in [-0.25, -0.2) is 13.6 Å². The molecule has 2 aliphatic heterocycles. The number of nitrogens with zero attached hydrogens (tertiary/aromatic N) is 1. The lowest BCUT2D eigenvalue weighted by atomic mass is 9.92. The quantitative estimate of drug-likeness (QED) is 0.815. The van der Waals surface area contributed by atoms with E-state index >= 15 is 0 Å². The van der Waals surface area contributed by atoms with Crippen molar-refractivity contribution in [2.24, 2.45) is 5.92 Å². The first-order chi connectivity index (χ1) is 12.8. The van der Waals surface area contributed by atoms with Gasteiger partial charge >= 0.3 is 5.97 Å². The van der Waals surface area contributed by atoms with E-state index in [-0.39, 0.29) is 44.2 Å². The summed E-state index contributed by atoms with van der Waals surface area (Å²) < 4.78 is 31.9. The number of rotatable bonds is 4. The van der Waals surface area contributed by atoms with Crippen LogP contribution in [0.4, 0.5) is 8.78 Å². The predicted molar refractivity (Wildman–Crippen MR) is 88.9 cm³/mol. The predicted octanol–water partition coefficient (Wildman–Crippen LogP) is 1.18. The smallest absolute Gasteiger partial charge is 0.331 e. The van der Waals surface area contributed by atoms with E-state index in [1.165, 1.54) is 4.90 Å². The summed E-state index contributed by atoms with van der Waals surface area (Å²) in [7, 11) is 0. The van der Waals surface area contributed by atoms with Crippen molar-refractivity contribution in [2.45, 2.75) is 24.8 Å². The summed E-state index contributed by atoms with van der Waals surface area (Å²) in [5.41, 5.74) is -1.62. The van der Waals surface area contributed by atoms with Crippen molar-refractivity contribution in [3.63, 3.8) is 0 Å². The highest BCUT2D eigenvalue weighted by Crippen LogP contribution is 2.24. The van der Waals surface area contributed by atoms with Crippen molar-refractivity contribution in [3.8, 4) is 0 Å². The van der Waals surface area contributed by atoms with Crippen LogP contribution in [-0.2, 0) is 14.3 Å². The van der Waals surface area contributed by atoms with Gasteiger partial charge in [0.2, 0.25) is 5.91 Å². The molecule has 0 spiro atoms. The van der Waals surface area contributed by atoms with Crippen LogP contribution in [0.25, 0.3) is 0 Å². The Morgan fingerprint density at radius 3 is 2.48 bits per heavy atom. The second-order valence-corrected chi connectivity index (χ2v) is 6.87. The summed E-state index contributed by atoms with van der Waals surface area (Å²) in [6, 6.07) is 2.77. The number of nitrogens with one attached hydrogen (secondary N) is 1. The van der Waals surface area contributed by atoms with Crippen LogP contribution in [0.3, 0.4) is 0 Å². The molecule has 2 heterocycles. The van der Waals surface area contributed by atoms with Crippen LogP contribution < -0.4 is 5.32 Å². The number of piperidine rings is 1. The fraction of sp³-hybridized carbons (Fsp3) is 0.500. The van der Waals surface area contributed by atoms with Crippen molar-refractivity contribution >= 4 is 17.8 Å². The molecule has 2 fully saturated rings. The van der Waals surface area contributed by atoms with Gasteiger partial charge in [0.05, 0.1) is 12.2 Å². The van der Waals surface area contributed by atoms with Gasteiger partial charge < -0.3 is 20.1 Å². The fourth-order valence-corrected chi connectivity index (χ4v) is 3.40. The van der Waals surface area contributed by atoms with Crippen molar-refractivity contribution in [2.75, 3.05) is 26.3 Å². The second kappa shape index (κ2) is 7.59. The number of amides is 2. The van der Waals surface area contributed by atoms with Crippen LogP contribution in [0.15, 0.2) is 18.2 Å². The first kappa shape index (κ1) is 19.2. The van der Waals surface area contributed by atoms with E-state index in [1.54, 1.807) is 0 Å². The first-order valence-electron chi connectivity index (χ1n) is 8.70. The number of hydrogen-bond acceptors (Lipinski definition) is 4. The molecule has 0 aromatic heterocycles. The summed E-state index contributed by atoms with van der Waals surface area (Å²) >= 11 is 0. The molecular weight excluding hydrogens is 362 g/mol. The summed E-state index contributed by atoms with van der Waals surface area (Å²) in [6.07, 6.45) is 0.864. The Hall–Kier alpha value is -2.55. The summed E-state index contributed by atoms with van der Waals surface area (Å²) in [5.74, 6) is -4.20. The molecule has 3 rings (SSSR count). The first-order valence-corrected chi connectivity index (χ1v) is 8.70. The van der Waals surface area contributed by atoms with Crippen LogP contribution in [0.5, 0.6) is 0 Å². The molecule has 0 aliphatic carbocycles. The van der Waals surface area contributed by atoms with E-state index in [9.17, 15) is 28.3 Å². The zero-order chi connectivity index (χ0) is 19.6. The van der Waals surface area contributed by atoms with Crippen molar-refractivity contribution in [3.05, 3.63) is 35.4 Å². The number of carboxylic acids is 1. The number of ether oxygens (including phenoxy) is 1. The van der Waals surface area contributed by atoms with Gasteiger partial charge in [0.15, 0.2) is 5.54 Å². The molecule has 146 valence electrons. The van der Waals surface area contributed by atoms with Gasteiger partial charge in [0.1, 0.15) is 11.6 Å². The summed E-state index contributed by atoms with van der Waals surface area (Å²) in [5, 5.41) is 12.0. The third kappa shape index (κ3) is 3.92. The van der Waals surface area contributed by atoms with E-state index in [2.05, 4.69) is 5.32 Å². The maximum Gasteiger partial charge on any atom is 0.331 e. The minimum atomic E-state index is -1.40. The molecule has 1 unspecified atom stereocenters. The molecular formula is C18H20F2N2O5. The van der Waals surface area contributed by atoms with Gasteiger partial charge in [-0.05, 0) is 25.0 Å². The maximum absolute atomic E-state index is 13.8. The Morgan fingerprint density at radius 2 is 1.93 bits per heavy atom. The molecule has 2 N–H and O–H groups in total. The highest BCUT2D eigenvalue weighted by Gasteiger charge is 2.45. The summed E-state index contributed by atoms with van der Waals surface area (Å²) in [6.45, 7) is 0.645. The van der Waals surface area contributed by atoms with Gasteiger partial charge in [-0.3, -0.25) is 9.59 Å². The van der Waals surface area contributed by atoms with Crippen LogP contribution >= 0.6 is 0 Å². The van der Waals surface area contributed by atoms with Gasteiger partial charge in [0.25, 0.3) is 5.91 Å². The highest BCUT2D eigenvalue weighted by molar-refractivity contribution is 5.95. The molecule has 0 bridgehead atoms. The Labute approximate surface area is 154 Å². The molecule has 7 nitrogen and oxygen atoms in total. The van der Waals surface area contributed by atoms with Gasteiger partial charge in [0, 0.05) is 38.1 Å². The zero-order valence-corrected chi connectivity index (χ0v) is 14.5. The van der Waals surface area contributed by atoms with Crippen LogP contribution in [0.1, 0.15) is 29.6 Å². The Morgan fingerprint density at radius 1 is 1.22 bits per heavy atom. The molecule has 27 heavy (non-hydrogen) atoms. The summed E-state index contributed by atoms with van der Waals surface area (Å²) in [4.78, 5) is 37.8. The number of carbonyl (C=O) groups is 3. The second-order valence-electron chi connectivity index (χ2n) is 6.87. The lowest BCUT2D eigenvalue weighted by Gasteiger charge is -2.33. The fourth-order valence-electron chi connectivity index (χ4n) is 3.40. The van der Waals surface area contributed by atoms with Gasteiger partial charge in [-0.15, -0.1) is 0 Å². The third-order valence-electron chi connectivity index (χ3n) is 5.11. The monoisotopic (exact) mass is 382 g/mol. The largest absolute Gasteiger partial charge is 0.479 e. The SMILES string of the molecule is O=C(NC1(C(=O)O)CCOC1)C1CCN(C(=O)c2ccc(F)cc2F)CC1. The Balaban J connectivity index is 1.59. The number of likely N-dealkylation sites (tertiary alicyclic amines) is 1. The molecule has 2 saturated heterocycles. The van der Waals surface area contributed by atoms with Crippen molar-refractivity contribution in [1.82, 2.24) is 10.2 Å². The average molecular weight is 382 g/mol. The lowest BCUT2D eigenvalue weighted by molar-refractivity contribution is -0.148. The lowest BCUT2D eigenvalue weighted by Crippen LogP contribution is -2.57. The van der Waals surface area contributed by atoms with E-state index in [0.29, 0.717) is 18.9 Å². The van der Waals surface area contributed by atoms with Crippen LogP contribution in [0, 0.1) is 17.6 Å². The molecule has 1 aromatic rings. The molecule has 2 amide bonds. The number of hydrogen-bond donors (Lipinski definition) is 2. The number of carboxylic acid groups (broad SMARTS) is 1. The number of benzene rings is 1. The van der Waals surface area contributed by atoms with Crippen LogP contribution in [-0.4, -0.2) is 59.6 Å². The minimum Gasteiger partial charge on any atom is -0.479 e. The minimum absolute atomic E-state index is 0.0742. The Bertz CT molecular complexity index is 756. The van der Waals surface area contributed by atoms with E-state index in [0.717, 1.165) is 12.1 Å². The van der Waals surface area contributed by atoms with E-state index in [4.69, 9.17) is 4.74 Å². The average Bonchev–Trinajstić information content (AvgIpc) is 3.11. The molecule has 0 saturated carbocycles. The molecule has 1 aromatic carbocycles.